The van der Waals surface area contributed by atoms with E-state index in [9.17, 15) is 4.79 Å². The third-order valence-corrected chi connectivity index (χ3v) is 2.94. The molecule has 6 heteroatoms. The molecular weight excluding hydrogens is 292 g/mol. The SMILES string of the molecule is CC(C)COc1ccccc1NC(=O)C1CNCCO1.Cl. The molecule has 1 aliphatic heterocycles. The first kappa shape index (κ1) is 17.8. The van der Waals surface area contributed by atoms with E-state index in [2.05, 4.69) is 24.5 Å². The zero-order valence-electron chi connectivity index (χ0n) is 12.4. The number of hydrogen-bond acceptors (Lipinski definition) is 4. The second-order valence-corrected chi connectivity index (χ2v) is 5.25. The van der Waals surface area contributed by atoms with Crippen molar-refractivity contribution in [3.8, 4) is 5.75 Å². The normalized spacial score (nSPS) is 18.0. The highest BCUT2D eigenvalue weighted by Crippen LogP contribution is 2.24. The van der Waals surface area contributed by atoms with Crippen LogP contribution in [-0.4, -0.2) is 38.3 Å². The maximum Gasteiger partial charge on any atom is 0.254 e. The summed E-state index contributed by atoms with van der Waals surface area (Å²) in [7, 11) is 0. The average Bonchev–Trinajstić information content (AvgIpc) is 2.47. The van der Waals surface area contributed by atoms with Crippen LogP contribution in [0.3, 0.4) is 0 Å². The fraction of sp³-hybridized carbons (Fsp3) is 0.533. The lowest BCUT2D eigenvalue weighted by Gasteiger charge is -2.23. The zero-order chi connectivity index (χ0) is 14.4. The van der Waals surface area contributed by atoms with Crippen molar-refractivity contribution in [1.29, 1.82) is 0 Å². The van der Waals surface area contributed by atoms with Crippen LogP contribution in [0.1, 0.15) is 13.8 Å². The molecule has 2 N–H and O–H groups in total. The minimum absolute atomic E-state index is 0. The number of nitrogens with one attached hydrogen (secondary N) is 2. The van der Waals surface area contributed by atoms with E-state index in [-0.39, 0.29) is 18.3 Å². The smallest absolute Gasteiger partial charge is 0.254 e. The number of amides is 1. The number of hydrogen-bond donors (Lipinski definition) is 2. The van der Waals surface area contributed by atoms with Crippen molar-refractivity contribution in [3.05, 3.63) is 24.3 Å². The quantitative estimate of drug-likeness (QED) is 0.873. The highest BCUT2D eigenvalue weighted by molar-refractivity contribution is 5.95. The predicted molar refractivity (Wildman–Crippen MR) is 85.3 cm³/mol. The van der Waals surface area contributed by atoms with E-state index in [0.29, 0.717) is 37.1 Å². The van der Waals surface area contributed by atoms with Gasteiger partial charge in [0.2, 0.25) is 0 Å². The van der Waals surface area contributed by atoms with Gasteiger partial charge in [-0.15, -0.1) is 12.4 Å². The zero-order valence-corrected chi connectivity index (χ0v) is 13.2. The molecule has 0 aromatic heterocycles. The molecule has 1 unspecified atom stereocenters. The summed E-state index contributed by atoms with van der Waals surface area (Å²) in [4.78, 5) is 12.1. The minimum atomic E-state index is -0.443. The van der Waals surface area contributed by atoms with Crippen LogP contribution < -0.4 is 15.4 Å². The summed E-state index contributed by atoms with van der Waals surface area (Å²) in [5.41, 5.74) is 0.687. The molecular formula is C15H23ClN2O3. The third-order valence-electron chi connectivity index (χ3n) is 2.94. The summed E-state index contributed by atoms with van der Waals surface area (Å²) in [6.07, 6.45) is -0.443. The number of anilines is 1. The number of halogens is 1. The lowest BCUT2D eigenvalue weighted by atomic mass is 10.2. The van der Waals surface area contributed by atoms with E-state index in [1.807, 2.05) is 24.3 Å². The Morgan fingerprint density at radius 3 is 2.90 bits per heavy atom. The van der Waals surface area contributed by atoms with Gasteiger partial charge in [-0.3, -0.25) is 4.79 Å². The van der Waals surface area contributed by atoms with Crippen LogP contribution in [0.25, 0.3) is 0 Å². The lowest BCUT2D eigenvalue weighted by molar-refractivity contribution is -0.128. The number of para-hydroxylation sites is 2. The molecule has 1 amide bonds. The standard InChI is InChI=1S/C15H22N2O3.ClH/c1-11(2)10-20-13-6-4-3-5-12(13)17-15(18)14-9-16-7-8-19-14;/h3-6,11,14,16H,7-10H2,1-2H3,(H,17,18);1H. The summed E-state index contributed by atoms with van der Waals surface area (Å²) < 4.78 is 11.2. The first-order chi connectivity index (χ1) is 9.66. The van der Waals surface area contributed by atoms with Crippen molar-refractivity contribution < 1.29 is 14.3 Å². The Morgan fingerprint density at radius 2 is 2.24 bits per heavy atom. The molecule has 21 heavy (non-hydrogen) atoms. The molecule has 5 nitrogen and oxygen atoms in total. The van der Waals surface area contributed by atoms with Gasteiger partial charge in [0.15, 0.2) is 0 Å². The maximum absolute atomic E-state index is 12.1. The highest BCUT2D eigenvalue weighted by atomic mass is 35.5. The van der Waals surface area contributed by atoms with E-state index < -0.39 is 6.10 Å². The van der Waals surface area contributed by atoms with Gasteiger partial charge in [-0.2, -0.15) is 0 Å². The van der Waals surface area contributed by atoms with Gasteiger partial charge in [-0.25, -0.2) is 0 Å². The Hall–Kier alpha value is -1.30. The summed E-state index contributed by atoms with van der Waals surface area (Å²) in [6.45, 7) is 6.68. The largest absolute Gasteiger partial charge is 0.491 e. The van der Waals surface area contributed by atoms with Crippen LogP contribution in [0, 0.1) is 5.92 Å². The molecule has 1 aliphatic rings. The summed E-state index contributed by atoms with van der Waals surface area (Å²) in [5.74, 6) is 0.987. The molecule has 0 radical (unpaired) electrons. The van der Waals surface area contributed by atoms with E-state index in [0.717, 1.165) is 6.54 Å². The maximum atomic E-state index is 12.1. The average molecular weight is 315 g/mol. The fourth-order valence-corrected chi connectivity index (χ4v) is 1.90. The number of carbonyl (C=O) groups is 1. The number of benzene rings is 1. The number of ether oxygens (including phenoxy) is 2. The monoisotopic (exact) mass is 314 g/mol. The second-order valence-electron chi connectivity index (χ2n) is 5.25. The van der Waals surface area contributed by atoms with Crippen LogP contribution in [0.15, 0.2) is 24.3 Å². The van der Waals surface area contributed by atoms with Gasteiger partial charge in [0.1, 0.15) is 11.9 Å². The Balaban J connectivity index is 0.00000220. The Bertz CT molecular complexity index is 448. The molecule has 1 heterocycles. The summed E-state index contributed by atoms with van der Waals surface area (Å²) in [5, 5.41) is 6.01. The topological polar surface area (TPSA) is 59.6 Å². The number of rotatable bonds is 5. The fourth-order valence-electron chi connectivity index (χ4n) is 1.90. The van der Waals surface area contributed by atoms with Crippen molar-refractivity contribution >= 4 is 24.0 Å². The molecule has 2 rings (SSSR count). The molecule has 1 atom stereocenters. The second kappa shape index (κ2) is 8.87. The molecule has 1 aromatic rings. The molecule has 0 spiro atoms. The summed E-state index contributed by atoms with van der Waals surface area (Å²) in [6, 6.07) is 7.46. The van der Waals surface area contributed by atoms with Crippen molar-refractivity contribution in [2.75, 3.05) is 31.6 Å². The predicted octanol–water partition coefficient (Wildman–Crippen LogP) is 2.07. The Kier molecular flexibility index (Phi) is 7.50. The van der Waals surface area contributed by atoms with Crippen molar-refractivity contribution in [2.45, 2.75) is 20.0 Å². The van der Waals surface area contributed by atoms with Crippen LogP contribution in [0.5, 0.6) is 5.75 Å². The Labute approximate surface area is 131 Å². The van der Waals surface area contributed by atoms with Crippen LogP contribution in [0.2, 0.25) is 0 Å². The minimum Gasteiger partial charge on any atom is -0.491 e. The van der Waals surface area contributed by atoms with Crippen molar-refractivity contribution in [2.24, 2.45) is 5.92 Å². The number of carbonyl (C=O) groups excluding carboxylic acids is 1. The van der Waals surface area contributed by atoms with Gasteiger partial charge in [0.25, 0.3) is 5.91 Å². The summed E-state index contributed by atoms with van der Waals surface area (Å²) >= 11 is 0. The molecule has 0 bridgehead atoms. The Morgan fingerprint density at radius 1 is 1.48 bits per heavy atom. The molecule has 1 saturated heterocycles. The molecule has 0 aliphatic carbocycles. The van der Waals surface area contributed by atoms with E-state index in [1.165, 1.54) is 0 Å². The van der Waals surface area contributed by atoms with Gasteiger partial charge < -0.3 is 20.1 Å². The highest BCUT2D eigenvalue weighted by Gasteiger charge is 2.22. The van der Waals surface area contributed by atoms with Gasteiger partial charge in [0.05, 0.1) is 18.9 Å². The van der Waals surface area contributed by atoms with Crippen LogP contribution in [0.4, 0.5) is 5.69 Å². The first-order valence-corrected chi connectivity index (χ1v) is 7.02. The third kappa shape index (κ3) is 5.53. The van der Waals surface area contributed by atoms with Gasteiger partial charge in [0, 0.05) is 13.1 Å². The van der Waals surface area contributed by atoms with Crippen LogP contribution >= 0.6 is 12.4 Å². The first-order valence-electron chi connectivity index (χ1n) is 7.02. The molecule has 0 saturated carbocycles. The van der Waals surface area contributed by atoms with Gasteiger partial charge in [-0.05, 0) is 18.1 Å². The van der Waals surface area contributed by atoms with Crippen molar-refractivity contribution in [1.82, 2.24) is 5.32 Å². The molecule has 118 valence electrons. The number of morpholine rings is 1. The lowest BCUT2D eigenvalue weighted by Crippen LogP contribution is -2.45. The van der Waals surface area contributed by atoms with Crippen molar-refractivity contribution in [3.63, 3.8) is 0 Å². The van der Waals surface area contributed by atoms with E-state index in [1.54, 1.807) is 0 Å². The van der Waals surface area contributed by atoms with Crippen LogP contribution in [-0.2, 0) is 9.53 Å². The van der Waals surface area contributed by atoms with Gasteiger partial charge >= 0.3 is 0 Å². The molecule has 1 fully saturated rings. The van der Waals surface area contributed by atoms with E-state index in [4.69, 9.17) is 9.47 Å². The van der Waals surface area contributed by atoms with E-state index >= 15 is 0 Å². The van der Waals surface area contributed by atoms with Gasteiger partial charge in [-0.1, -0.05) is 26.0 Å². The molecule has 1 aromatic carbocycles.